The minimum atomic E-state index is -0.258. The molecule has 2 N–H and O–H groups in total. The highest BCUT2D eigenvalue weighted by molar-refractivity contribution is 9.10. The van der Waals surface area contributed by atoms with Crippen molar-refractivity contribution < 1.29 is 4.79 Å². The van der Waals surface area contributed by atoms with Crippen LogP contribution in [0.15, 0.2) is 41.1 Å². The maximum absolute atomic E-state index is 12.3. The van der Waals surface area contributed by atoms with Crippen LogP contribution in [0.25, 0.3) is 10.9 Å². The minimum Gasteiger partial charge on any atom is -0.319 e. The number of rotatable bonds is 2. The first kappa shape index (κ1) is 12.8. The van der Waals surface area contributed by atoms with Gasteiger partial charge in [0.05, 0.1) is 17.4 Å². The summed E-state index contributed by atoms with van der Waals surface area (Å²) in [5, 5.41) is 10.5. The van der Waals surface area contributed by atoms with Crippen molar-refractivity contribution >= 4 is 38.4 Å². The molecule has 0 bridgehead atoms. The van der Waals surface area contributed by atoms with Gasteiger partial charge in [0.15, 0.2) is 5.69 Å². The number of hydrogen-bond acceptors (Lipinski definition) is 3. The Morgan fingerprint density at radius 3 is 2.95 bits per heavy atom. The highest BCUT2D eigenvalue weighted by Gasteiger charge is 2.14. The molecular weight excluding hydrogens is 320 g/mol. The molecule has 0 aliphatic rings. The molecule has 6 heteroatoms. The fraction of sp³-hybridized carbons (Fsp3) is 0.0714. The predicted molar refractivity (Wildman–Crippen MR) is 80.7 cm³/mol. The third kappa shape index (κ3) is 2.30. The van der Waals surface area contributed by atoms with E-state index in [1.165, 1.54) is 0 Å². The van der Waals surface area contributed by atoms with Crippen LogP contribution < -0.4 is 5.32 Å². The first-order valence-corrected chi connectivity index (χ1v) is 6.81. The minimum absolute atomic E-state index is 0.258. The van der Waals surface area contributed by atoms with E-state index in [0.29, 0.717) is 11.4 Å². The topological polar surface area (TPSA) is 70.7 Å². The molecule has 0 atom stereocenters. The number of aromatic nitrogens is 3. The van der Waals surface area contributed by atoms with Gasteiger partial charge in [0.25, 0.3) is 5.91 Å². The Balaban J connectivity index is 1.91. The van der Waals surface area contributed by atoms with E-state index in [0.717, 1.165) is 21.1 Å². The van der Waals surface area contributed by atoms with Gasteiger partial charge in [0.1, 0.15) is 4.60 Å². The van der Waals surface area contributed by atoms with Gasteiger partial charge in [0, 0.05) is 5.39 Å². The number of fused-ring (bicyclic) bond motifs is 1. The molecule has 5 nitrogen and oxygen atoms in total. The molecule has 2 aromatic heterocycles. The first-order chi connectivity index (χ1) is 9.65. The van der Waals surface area contributed by atoms with Gasteiger partial charge >= 0.3 is 0 Å². The fourth-order valence-electron chi connectivity index (χ4n) is 1.95. The van der Waals surface area contributed by atoms with Crippen molar-refractivity contribution in [2.75, 3.05) is 5.32 Å². The van der Waals surface area contributed by atoms with Gasteiger partial charge in [-0.1, -0.05) is 18.2 Å². The van der Waals surface area contributed by atoms with Gasteiger partial charge in [-0.05, 0) is 40.5 Å². The Morgan fingerprint density at radius 2 is 2.15 bits per heavy atom. The maximum atomic E-state index is 12.3. The highest BCUT2D eigenvalue weighted by atomic mass is 79.9. The molecule has 0 saturated heterocycles. The number of benzene rings is 1. The number of aromatic amines is 1. The number of pyridine rings is 1. The van der Waals surface area contributed by atoms with Crippen LogP contribution in [-0.4, -0.2) is 21.1 Å². The summed E-state index contributed by atoms with van der Waals surface area (Å²) in [6.45, 7) is 1.91. The summed E-state index contributed by atoms with van der Waals surface area (Å²) >= 11 is 3.33. The van der Waals surface area contributed by atoms with Crippen molar-refractivity contribution in [1.82, 2.24) is 15.2 Å². The van der Waals surface area contributed by atoms with Crippen LogP contribution in [0.1, 0.15) is 16.1 Å². The number of halogens is 1. The monoisotopic (exact) mass is 330 g/mol. The summed E-state index contributed by atoms with van der Waals surface area (Å²) in [5.41, 5.74) is 2.81. The maximum Gasteiger partial charge on any atom is 0.276 e. The lowest BCUT2D eigenvalue weighted by Gasteiger charge is -2.05. The molecule has 100 valence electrons. The fourth-order valence-corrected chi connectivity index (χ4v) is 2.17. The molecule has 0 aliphatic heterocycles. The van der Waals surface area contributed by atoms with E-state index in [2.05, 4.69) is 36.4 Å². The van der Waals surface area contributed by atoms with Crippen LogP contribution in [0.2, 0.25) is 0 Å². The Bertz CT molecular complexity index is 797. The van der Waals surface area contributed by atoms with Gasteiger partial charge < -0.3 is 5.32 Å². The number of para-hydroxylation sites is 1. The second-order valence-electron chi connectivity index (χ2n) is 4.40. The molecule has 0 aliphatic carbocycles. The highest BCUT2D eigenvalue weighted by Crippen LogP contribution is 2.19. The third-order valence-corrected chi connectivity index (χ3v) is 3.79. The molecule has 20 heavy (non-hydrogen) atoms. The predicted octanol–water partition coefficient (Wildman–Crippen LogP) is 3.28. The van der Waals surface area contributed by atoms with Crippen molar-refractivity contribution in [2.45, 2.75) is 6.92 Å². The zero-order chi connectivity index (χ0) is 14.1. The third-order valence-electron chi connectivity index (χ3n) is 2.96. The van der Waals surface area contributed by atoms with E-state index < -0.39 is 0 Å². The number of carbonyl (C=O) groups excluding carboxylic acids is 1. The smallest absolute Gasteiger partial charge is 0.276 e. The van der Waals surface area contributed by atoms with E-state index in [9.17, 15) is 4.79 Å². The summed E-state index contributed by atoms with van der Waals surface area (Å²) in [6, 6.07) is 9.36. The number of aryl methyl sites for hydroxylation is 1. The lowest BCUT2D eigenvalue weighted by atomic mass is 10.2. The lowest BCUT2D eigenvalue weighted by molar-refractivity contribution is 0.102. The van der Waals surface area contributed by atoms with Crippen molar-refractivity contribution in [1.29, 1.82) is 0 Å². The Kier molecular flexibility index (Phi) is 3.23. The Morgan fingerprint density at radius 1 is 1.35 bits per heavy atom. The van der Waals surface area contributed by atoms with Crippen LogP contribution in [0.4, 0.5) is 5.69 Å². The Labute approximate surface area is 123 Å². The average Bonchev–Trinajstić information content (AvgIpc) is 2.87. The van der Waals surface area contributed by atoms with Gasteiger partial charge in [-0.15, -0.1) is 0 Å². The molecule has 3 aromatic rings. The molecule has 0 radical (unpaired) electrons. The first-order valence-electron chi connectivity index (χ1n) is 6.02. The van der Waals surface area contributed by atoms with E-state index >= 15 is 0 Å². The molecule has 0 saturated carbocycles. The molecule has 2 heterocycles. The van der Waals surface area contributed by atoms with Crippen molar-refractivity contribution in [3.05, 3.63) is 52.4 Å². The average molecular weight is 331 g/mol. The number of nitrogens with one attached hydrogen (secondary N) is 2. The van der Waals surface area contributed by atoms with Crippen LogP contribution >= 0.6 is 15.9 Å². The van der Waals surface area contributed by atoms with Gasteiger partial charge in [-0.25, -0.2) is 4.98 Å². The molecule has 3 rings (SSSR count). The molecular formula is C14H11BrN4O. The standard InChI is InChI=1S/C14H11BrN4O/c1-8-6-9(7-16-13(8)15)17-14(20)12-10-4-2-3-5-11(10)18-19-12/h2-7H,1H3,(H,17,20)(H,18,19). The zero-order valence-electron chi connectivity index (χ0n) is 10.6. The summed E-state index contributed by atoms with van der Waals surface area (Å²) in [4.78, 5) is 16.4. The molecule has 0 spiro atoms. The van der Waals surface area contributed by atoms with Crippen molar-refractivity contribution in [3.63, 3.8) is 0 Å². The largest absolute Gasteiger partial charge is 0.319 e. The number of carbonyl (C=O) groups is 1. The van der Waals surface area contributed by atoms with E-state index in [1.54, 1.807) is 6.20 Å². The lowest BCUT2D eigenvalue weighted by Crippen LogP contribution is -2.13. The SMILES string of the molecule is Cc1cc(NC(=O)c2n[nH]c3ccccc23)cnc1Br. The van der Waals surface area contributed by atoms with Crippen LogP contribution in [-0.2, 0) is 0 Å². The zero-order valence-corrected chi connectivity index (χ0v) is 12.2. The summed E-state index contributed by atoms with van der Waals surface area (Å²) in [7, 11) is 0. The molecule has 1 amide bonds. The van der Waals surface area contributed by atoms with E-state index in [-0.39, 0.29) is 5.91 Å². The summed E-state index contributed by atoms with van der Waals surface area (Å²) in [5.74, 6) is -0.258. The number of H-pyrrole nitrogens is 1. The van der Waals surface area contributed by atoms with Gasteiger partial charge in [0.2, 0.25) is 0 Å². The Hall–Kier alpha value is -2.21. The molecule has 0 fully saturated rings. The quantitative estimate of drug-likeness (QED) is 0.708. The normalized spacial score (nSPS) is 10.7. The van der Waals surface area contributed by atoms with Crippen LogP contribution in [0.3, 0.4) is 0 Å². The van der Waals surface area contributed by atoms with Gasteiger partial charge in [-0.3, -0.25) is 9.89 Å². The van der Waals surface area contributed by atoms with Crippen LogP contribution in [0, 0.1) is 6.92 Å². The summed E-state index contributed by atoms with van der Waals surface area (Å²) in [6.07, 6.45) is 1.60. The second kappa shape index (κ2) is 5.05. The van der Waals surface area contributed by atoms with Gasteiger partial charge in [-0.2, -0.15) is 5.10 Å². The molecule has 1 aromatic carbocycles. The number of hydrogen-bond donors (Lipinski definition) is 2. The van der Waals surface area contributed by atoms with Crippen molar-refractivity contribution in [3.8, 4) is 0 Å². The van der Waals surface area contributed by atoms with Crippen molar-refractivity contribution in [2.24, 2.45) is 0 Å². The number of amides is 1. The van der Waals surface area contributed by atoms with Crippen LogP contribution in [0.5, 0.6) is 0 Å². The summed E-state index contributed by atoms with van der Waals surface area (Å²) < 4.78 is 0.765. The van der Waals surface area contributed by atoms with E-state index in [1.807, 2.05) is 37.3 Å². The number of nitrogens with zero attached hydrogens (tertiary/aromatic N) is 2. The van der Waals surface area contributed by atoms with E-state index in [4.69, 9.17) is 0 Å². The second-order valence-corrected chi connectivity index (χ2v) is 5.15. The number of anilines is 1. The molecule has 0 unspecified atom stereocenters.